The molecule has 0 spiro atoms. The van der Waals surface area contributed by atoms with Gasteiger partial charge in [0.1, 0.15) is 0 Å². The van der Waals surface area contributed by atoms with Gasteiger partial charge in [-0.05, 0) is 43.5 Å². The van der Waals surface area contributed by atoms with Crippen LogP contribution in [-0.4, -0.2) is 20.0 Å². The number of nitrogens with zero attached hydrogens (tertiary/aromatic N) is 1. The molecule has 1 fully saturated rings. The Morgan fingerprint density at radius 3 is 2.50 bits per heavy atom. The van der Waals surface area contributed by atoms with E-state index in [0.29, 0.717) is 0 Å². The van der Waals surface area contributed by atoms with Crippen molar-refractivity contribution in [2.24, 2.45) is 5.92 Å². The molecule has 1 aromatic rings. The van der Waals surface area contributed by atoms with Gasteiger partial charge in [-0.15, -0.1) is 0 Å². The molecule has 0 saturated heterocycles. The van der Waals surface area contributed by atoms with E-state index in [-0.39, 0.29) is 11.8 Å². The van der Waals surface area contributed by atoms with E-state index in [1.165, 1.54) is 24.1 Å². The first kappa shape index (κ1) is 12.9. The van der Waals surface area contributed by atoms with Gasteiger partial charge in [0.25, 0.3) is 0 Å². The van der Waals surface area contributed by atoms with E-state index in [0.717, 1.165) is 18.5 Å². The van der Waals surface area contributed by atoms with E-state index in [1.807, 2.05) is 26.2 Å². The van der Waals surface area contributed by atoms with Crippen LogP contribution in [-0.2, 0) is 4.79 Å². The summed E-state index contributed by atoms with van der Waals surface area (Å²) in [6.07, 6.45) is 4.47. The lowest BCUT2D eigenvalue weighted by Crippen LogP contribution is -2.20. The predicted molar refractivity (Wildman–Crippen MR) is 76.1 cm³/mol. The Morgan fingerprint density at radius 2 is 1.94 bits per heavy atom. The topological polar surface area (TPSA) is 32.3 Å². The Balaban J connectivity index is 2.05. The minimum absolute atomic E-state index is 0.185. The fraction of sp³-hybridized carbons (Fsp3) is 0.533. The molecule has 0 radical (unpaired) electrons. The summed E-state index contributed by atoms with van der Waals surface area (Å²) in [4.78, 5) is 14.1. The fourth-order valence-corrected chi connectivity index (χ4v) is 2.67. The van der Waals surface area contributed by atoms with Crippen LogP contribution in [0, 0.1) is 12.8 Å². The van der Waals surface area contributed by atoms with Crippen LogP contribution >= 0.6 is 0 Å². The summed E-state index contributed by atoms with van der Waals surface area (Å²) in [5.74, 6) is 0.406. The number of aryl methyl sites for hydroxylation is 1. The minimum Gasteiger partial charge on any atom is -0.377 e. The number of nitrogens with one attached hydrogen (secondary N) is 1. The van der Waals surface area contributed by atoms with Gasteiger partial charge in [0.15, 0.2) is 0 Å². The van der Waals surface area contributed by atoms with E-state index in [1.54, 1.807) is 0 Å². The first-order chi connectivity index (χ1) is 8.58. The van der Waals surface area contributed by atoms with Crippen LogP contribution in [0.1, 0.15) is 31.2 Å². The van der Waals surface area contributed by atoms with Crippen molar-refractivity contribution in [2.45, 2.75) is 32.6 Å². The van der Waals surface area contributed by atoms with Gasteiger partial charge in [-0.2, -0.15) is 0 Å². The lowest BCUT2D eigenvalue weighted by molar-refractivity contribution is -0.119. The fourth-order valence-electron chi connectivity index (χ4n) is 2.67. The first-order valence-corrected chi connectivity index (χ1v) is 6.67. The number of benzene rings is 1. The second-order valence-electron chi connectivity index (χ2n) is 5.37. The third-order valence-electron chi connectivity index (χ3n) is 3.67. The zero-order valence-corrected chi connectivity index (χ0v) is 11.5. The summed E-state index contributed by atoms with van der Waals surface area (Å²) in [6.45, 7) is 2.07. The smallest absolute Gasteiger partial charge is 0.227 e. The molecule has 0 aromatic heterocycles. The van der Waals surface area contributed by atoms with E-state index >= 15 is 0 Å². The molecule has 0 heterocycles. The maximum atomic E-state index is 12.0. The Labute approximate surface area is 109 Å². The third-order valence-corrected chi connectivity index (χ3v) is 3.67. The molecule has 1 aliphatic carbocycles. The summed E-state index contributed by atoms with van der Waals surface area (Å²) in [7, 11) is 4.05. The number of hydrogen-bond donors (Lipinski definition) is 1. The van der Waals surface area contributed by atoms with Gasteiger partial charge in [-0.1, -0.05) is 12.8 Å². The van der Waals surface area contributed by atoms with E-state index < -0.39 is 0 Å². The van der Waals surface area contributed by atoms with Crippen LogP contribution in [0.25, 0.3) is 0 Å². The Bertz CT molecular complexity index is 434. The van der Waals surface area contributed by atoms with Crippen molar-refractivity contribution >= 4 is 17.3 Å². The molecule has 0 aliphatic heterocycles. The molecule has 2 rings (SSSR count). The SMILES string of the molecule is Cc1cc(NC(=O)C2CCCC2)ccc1N(C)C. The molecule has 3 nitrogen and oxygen atoms in total. The zero-order chi connectivity index (χ0) is 13.1. The molecular weight excluding hydrogens is 224 g/mol. The molecule has 1 N–H and O–H groups in total. The standard InChI is InChI=1S/C15H22N2O/c1-11-10-13(8-9-14(11)17(2)3)16-15(18)12-6-4-5-7-12/h8-10,12H,4-7H2,1-3H3,(H,16,18). The third kappa shape index (κ3) is 2.84. The van der Waals surface area contributed by atoms with E-state index in [9.17, 15) is 4.79 Å². The lowest BCUT2D eigenvalue weighted by atomic mass is 10.1. The van der Waals surface area contributed by atoms with Crippen LogP contribution in [0.4, 0.5) is 11.4 Å². The monoisotopic (exact) mass is 246 g/mol. The van der Waals surface area contributed by atoms with Gasteiger partial charge in [0, 0.05) is 31.4 Å². The molecule has 18 heavy (non-hydrogen) atoms. The Kier molecular flexibility index (Phi) is 3.90. The van der Waals surface area contributed by atoms with Crippen molar-refractivity contribution in [1.82, 2.24) is 0 Å². The Hall–Kier alpha value is -1.51. The quantitative estimate of drug-likeness (QED) is 0.888. The molecule has 0 unspecified atom stereocenters. The number of carbonyl (C=O) groups is 1. The molecule has 1 aliphatic rings. The summed E-state index contributed by atoms with van der Waals surface area (Å²) < 4.78 is 0. The Morgan fingerprint density at radius 1 is 1.28 bits per heavy atom. The highest BCUT2D eigenvalue weighted by Crippen LogP contribution is 2.27. The van der Waals surface area contributed by atoms with Crippen LogP contribution in [0.5, 0.6) is 0 Å². The van der Waals surface area contributed by atoms with E-state index in [2.05, 4.69) is 23.2 Å². The molecule has 1 saturated carbocycles. The zero-order valence-electron chi connectivity index (χ0n) is 11.5. The largest absolute Gasteiger partial charge is 0.377 e. The highest BCUT2D eigenvalue weighted by atomic mass is 16.1. The maximum Gasteiger partial charge on any atom is 0.227 e. The second-order valence-corrected chi connectivity index (χ2v) is 5.37. The highest BCUT2D eigenvalue weighted by molar-refractivity contribution is 5.93. The number of carbonyl (C=O) groups excluding carboxylic acids is 1. The van der Waals surface area contributed by atoms with Crippen molar-refractivity contribution in [2.75, 3.05) is 24.3 Å². The normalized spacial score (nSPS) is 15.7. The molecule has 3 heteroatoms. The number of rotatable bonds is 3. The molecule has 1 amide bonds. The summed E-state index contributed by atoms with van der Waals surface area (Å²) in [5, 5.41) is 3.03. The maximum absolute atomic E-state index is 12.0. The first-order valence-electron chi connectivity index (χ1n) is 6.67. The van der Waals surface area contributed by atoms with Crippen molar-refractivity contribution in [3.05, 3.63) is 23.8 Å². The van der Waals surface area contributed by atoms with Crippen molar-refractivity contribution in [3.8, 4) is 0 Å². The van der Waals surface area contributed by atoms with Crippen molar-refractivity contribution < 1.29 is 4.79 Å². The predicted octanol–water partition coefficient (Wildman–Crippen LogP) is 3.19. The van der Waals surface area contributed by atoms with Crippen LogP contribution < -0.4 is 10.2 Å². The minimum atomic E-state index is 0.185. The average molecular weight is 246 g/mol. The number of hydrogen-bond acceptors (Lipinski definition) is 2. The van der Waals surface area contributed by atoms with Gasteiger partial charge >= 0.3 is 0 Å². The molecule has 98 valence electrons. The second kappa shape index (κ2) is 5.42. The van der Waals surface area contributed by atoms with Gasteiger partial charge in [0.2, 0.25) is 5.91 Å². The van der Waals surface area contributed by atoms with Gasteiger partial charge < -0.3 is 10.2 Å². The summed E-state index contributed by atoms with van der Waals surface area (Å²) in [6, 6.07) is 6.08. The summed E-state index contributed by atoms with van der Waals surface area (Å²) >= 11 is 0. The van der Waals surface area contributed by atoms with Crippen molar-refractivity contribution in [1.29, 1.82) is 0 Å². The van der Waals surface area contributed by atoms with Crippen LogP contribution in [0.15, 0.2) is 18.2 Å². The van der Waals surface area contributed by atoms with Crippen LogP contribution in [0.2, 0.25) is 0 Å². The van der Waals surface area contributed by atoms with Gasteiger partial charge in [0.05, 0.1) is 0 Å². The van der Waals surface area contributed by atoms with Gasteiger partial charge in [-0.25, -0.2) is 0 Å². The van der Waals surface area contributed by atoms with Gasteiger partial charge in [-0.3, -0.25) is 4.79 Å². The molecule has 0 bridgehead atoms. The molecule has 0 atom stereocenters. The number of anilines is 2. The molecular formula is C15H22N2O. The van der Waals surface area contributed by atoms with E-state index in [4.69, 9.17) is 0 Å². The van der Waals surface area contributed by atoms with Crippen LogP contribution in [0.3, 0.4) is 0 Å². The highest BCUT2D eigenvalue weighted by Gasteiger charge is 2.22. The number of amides is 1. The van der Waals surface area contributed by atoms with Crippen molar-refractivity contribution in [3.63, 3.8) is 0 Å². The lowest BCUT2D eigenvalue weighted by Gasteiger charge is -2.17. The molecule has 1 aromatic carbocycles. The summed E-state index contributed by atoms with van der Waals surface area (Å²) in [5.41, 5.74) is 3.29. The average Bonchev–Trinajstić information content (AvgIpc) is 2.81.